The fourth-order valence-electron chi connectivity index (χ4n) is 4.89. The van der Waals surface area contributed by atoms with E-state index in [4.69, 9.17) is 9.97 Å². The number of hydrogen-bond donors (Lipinski definition) is 4. The number of aromatic amines is 1. The molecule has 4 N–H and O–H groups in total. The van der Waals surface area contributed by atoms with Gasteiger partial charge in [-0.15, -0.1) is 0 Å². The van der Waals surface area contributed by atoms with Gasteiger partial charge in [0.2, 0.25) is 5.91 Å². The maximum Gasteiger partial charge on any atom is 0.216 e. The van der Waals surface area contributed by atoms with Crippen LogP contribution in [0.3, 0.4) is 0 Å². The third kappa shape index (κ3) is 6.46. The van der Waals surface area contributed by atoms with Crippen molar-refractivity contribution in [1.29, 1.82) is 0 Å². The highest BCUT2D eigenvalue weighted by molar-refractivity contribution is 5.89. The van der Waals surface area contributed by atoms with Gasteiger partial charge < -0.3 is 20.9 Å². The number of likely N-dealkylation sites (tertiary alicyclic amines) is 1. The van der Waals surface area contributed by atoms with E-state index in [1.54, 1.807) is 0 Å². The summed E-state index contributed by atoms with van der Waals surface area (Å²) in [4.78, 5) is 27.1. The number of amides is 1. The summed E-state index contributed by atoms with van der Waals surface area (Å²) in [7, 11) is 0. The topological polar surface area (TPSA) is 98.0 Å². The monoisotopic (exact) mass is 497 g/mol. The van der Waals surface area contributed by atoms with Crippen LogP contribution in [0.4, 0.5) is 11.5 Å². The minimum atomic E-state index is -0.0371. The van der Waals surface area contributed by atoms with Crippen LogP contribution in [0, 0.1) is 0 Å². The van der Waals surface area contributed by atoms with Crippen LogP contribution >= 0.6 is 0 Å². The number of hydrogen-bond acceptors (Lipinski definition) is 6. The molecule has 37 heavy (non-hydrogen) atoms. The lowest BCUT2D eigenvalue weighted by Gasteiger charge is -2.21. The van der Waals surface area contributed by atoms with Crippen LogP contribution in [0.15, 0.2) is 66.9 Å². The van der Waals surface area contributed by atoms with Gasteiger partial charge in [0, 0.05) is 49.6 Å². The van der Waals surface area contributed by atoms with Crippen molar-refractivity contribution in [1.82, 2.24) is 25.2 Å². The smallest absolute Gasteiger partial charge is 0.216 e. The van der Waals surface area contributed by atoms with Gasteiger partial charge in [-0.05, 0) is 56.6 Å². The second kappa shape index (κ2) is 11.9. The molecule has 1 amide bonds. The van der Waals surface area contributed by atoms with Gasteiger partial charge in [0.25, 0.3) is 0 Å². The van der Waals surface area contributed by atoms with Crippen LogP contribution in [0.1, 0.15) is 44.1 Å². The predicted molar refractivity (Wildman–Crippen MR) is 150 cm³/mol. The van der Waals surface area contributed by atoms with Gasteiger partial charge >= 0.3 is 0 Å². The first kappa shape index (κ1) is 24.8. The van der Waals surface area contributed by atoms with E-state index in [2.05, 4.69) is 74.5 Å². The number of nitrogens with one attached hydrogen (secondary N) is 4. The number of H-pyrrole nitrogens is 1. The molecule has 2 aliphatic rings. The highest BCUT2D eigenvalue weighted by atomic mass is 16.1. The molecule has 5 rings (SSSR count). The second-order valence-electron chi connectivity index (χ2n) is 9.55. The first-order valence-corrected chi connectivity index (χ1v) is 13.1. The van der Waals surface area contributed by atoms with E-state index in [-0.39, 0.29) is 5.91 Å². The number of fused-ring (bicyclic) bond motifs is 1. The Hall–Kier alpha value is -3.91. The Morgan fingerprint density at radius 1 is 1.19 bits per heavy atom. The largest absolute Gasteiger partial charge is 0.368 e. The molecule has 3 aromatic rings. The summed E-state index contributed by atoms with van der Waals surface area (Å²) in [6.45, 7) is 4.54. The van der Waals surface area contributed by atoms with E-state index in [0.29, 0.717) is 25.0 Å². The van der Waals surface area contributed by atoms with Crippen LogP contribution in [-0.4, -0.2) is 51.4 Å². The molecule has 8 nitrogen and oxygen atoms in total. The number of rotatable bonds is 10. The van der Waals surface area contributed by atoms with Crippen molar-refractivity contribution in [2.75, 3.05) is 30.3 Å². The van der Waals surface area contributed by atoms with E-state index < -0.39 is 0 Å². The van der Waals surface area contributed by atoms with Crippen molar-refractivity contribution < 1.29 is 4.79 Å². The highest BCUT2D eigenvalue weighted by Gasteiger charge is 2.23. The van der Waals surface area contributed by atoms with E-state index >= 15 is 0 Å². The van der Waals surface area contributed by atoms with Gasteiger partial charge in [0.15, 0.2) is 5.82 Å². The third-order valence-electron chi connectivity index (χ3n) is 6.72. The molecule has 1 fully saturated rings. The number of para-hydroxylation sites is 1. The molecule has 1 saturated heterocycles. The lowest BCUT2D eigenvalue weighted by Crippen LogP contribution is -2.27. The molecule has 0 saturated carbocycles. The lowest BCUT2D eigenvalue weighted by molar-refractivity contribution is -0.118. The minimum absolute atomic E-state index is 0.0371. The molecule has 2 aromatic heterocycles. The summed E-state index contributed by atoms with van der Waals surface area (Å²) in [6.07, 6.45) is 15.2. The van der Waals surface area contributed by atoms with Crippen LogP contribution in [0.25, 0.3) is 16.6 Å². The van der Waals surface area contributed by atoms with Crippen molar-refractivity contribution in [3.05, 3.63) is 78.4 Å². The van der Waals surface area contributed by atoms with Crippen molar-refractivity contribution in [3.8, 4) is 0 Å². The zero-order valence-electron chi connectivity index (χ0n) is 21.3. The predicted octanol–water partition coefficient (Wildman–Crippen LogP) is 4.83. The summed E-state index contributed by atoms with van der Waals surface area (Å²) < 4.78 is 0. The van der Waals surface area contributed by atoms with Gasteiger partial charge in [-0.3, -0.25) is 9.69 Å². The van der Waals surface area contributed by atoms with Gasteiger partial charge in [-0.25, -0.2) is 9.97 Å². The highest BCUT2D eigenvalue weighted by Crippen LogP contribution is 2.28. The average molecular weight is 498 g/mol. The number of carbonyl (C=O) groups excluding carboxylic acids is 1. The van der Waals surface area contributed by atoms with E-state index in [9.17, 15) is 4.79 Å². The first-order chi connectivity index (χ1) is 18.2. The van der Waals surface area contributed by atoms with E-state index in [1.807, 2.05) is 18.2 Å². The number of aromatic nitrogens is 3. The molecule has 1 unspecified atom stereocenters. The Labute approximate surface area is 218 Å². The quantitative estimate of drug-likeness (QED) is 0.300. The van der Waals surface area contributed by atoms with Crippen molar-refractivity contribution in [2.24, 2.45) is 0 Å². The second-order valence-corrected chi connectivity index (χ2v) is 9.55. The molecule has 3 heterocycles. The van der Waals surface area contributed by atoms with Gasteiger partial charge in [-0.1, -0.05) is 42.5 Å². The normalized spacial score (nSPS) is 17.9. The zero-order valence-corrected chi connectivity index (χ0v) is 21.3. The minimum Gasteiger partial charge on any atom is -0.368 e. The Balaban J connectivity index is 1.33. The van der Waals surface area contributed by atoms with Gasteiger partial charge in [0.05, 0.1) is 5.39 Å². The molecule has 192 valence electrons. The molecular formula is C29H35N7O. The molecular weight excluding hydrogens is 462 g/mol. The lowest BCUT2D eigenvalue weighted by atomic mass is 10.1. The number of nitrogens with zero attached hydrogens (tertiary/aromatic N) is 3. The van der Waals surface area contributed by atoms with Crippen molar-refractivity contribution >= 4 is 34.0 Å². The Bertz CT molecular complexity index is 1310. The maximum atomic E-state index is 11.3. The summed E-state index contributed by atoms with van der Waals surface area (Å²) in [6, 6.07) is 12.8. The first-order valence-electron chi connectivity index (χ1n) is 13.1. The van der Waals surface area contributed by atoms with Gasteiger partial charge in [-0.2, -0.15) is 0 Å². The Morgan fingerprint density at radius 2 is 2.08 bits per heavy atom. The number of benzene rings is 1. The number of anilines is 2. The van der Waals surface area contributed by atoms with Crippen LogP contribution in [-0.2, 0) is 11.3 Å². The van der Waals surface area contributed by atoms with E-state index in [0.717, 1.165) is 66.2 Å². The molecule has 1 aliphatic heterocycles. The molecule has 0 bridgehead atoms. The number of carbonyl (C=O) groups is 1. The molecule has 1 atom stereocenters. The molecule has 0 radical (unpaired) electrons. The fraction of sp³-hybridized carbons (Fsp3) is 0.345. The zero-order chi connectivity index (χ0) is 25.5. The molecule has 8 heteroatoms. The summed E-state index contributed by atoms with van der Waals surface area (Å²) >= 11 is 0. The summed E-state index contributed by atoms with van der Waals surface area (Å²) in [5, 5.41) is 10.6. The summed E-state index contributed by atoms with van der Waals surface area (Å²) in [5.41, 5.74) is 4.09. The Kier molecular flexibility index (Phi) is 7.96. The van der Waals surface area contributed by atoms with Crippen LogP contribution in [0.5, 0.6) is 0 Å². The van der Waals surface area contributed by atoms with Gasteiger partial charge in [0.1, 0.15) is 11.5 Å². The molecule has 0 spiro atoms. The average Bonchev–Trinajstić information content (AvgIpc) is 3.54. The van der Waals surface area contributed by atoms with Crippen molar-refractivity contribution in [2.45, 2.75) is 45.2 Å². The molecule has 1 aliphatic carbocycles. The van der Waals surface area contributed by atoms with E-state index in [1.165, 1.54) is 13.3 Å². The van der Waals surface area contributed by atoms with Crippen LogP contribution in [0.2, 0.25) is 0 Å². The molecule has 1 aromatic carbocycles. The SMILES string of the molecule is CC(=O)NCCNc1nc(C2=CCCC=C2)nc2[nH]c(CN3CCCC3C=CNc3ccccc3)cc12. The third-order valence-corrected chi connectivity index (χ3v) is 6.72. The van der Waals surface area contributed by atoms with Crippen molar-refractivity contribution in [3.63, 3.8) is 0 Å². The summed E-state index contributed by atoms with van der Waals surface area (Å²) in [5.74, 6) is 1.47. The fourth-order valence-corrected chi connectivity index (χ4v) is 4.89. The standard InChI is InChI=1S/C29H35N7O/c1-21(37)30-16-17-32-28-26-19-24(33-29(26)35-27(34-28)22-9-4-2-5-10-22)20-36-18-8-13-25(36)14-15-31-23-11-6-3-7-12-23/h3-4,6-7,9-12,14-15,19,25,31H,2,5,8,13,16-18,20H2,1H3,(H,30,37)(H2,32,33,34,35). The number of allylic oxidation sites excluding steroid dienone is 4. The Morgan fingerprint density at radius 3 is 2.89 bits per heavy atom. The maximum absolute atomic E-state index is 11.3. The van der Waals surface area contributed by atoms with Crippen LogP contribution < -0.4 is 16.0 Å².